The zero-order valence-electron chi connectivity index (χ0n) is 11.9. The largest absolute Gasteiger partial charge is 0.289 e. The lowest BCUT2D eigenvalue weighted by molar-refractivity contribution is 0.0844. The Morgan fingerprint density at radius 1 is 0.913 bits per heavy atom. The first-order valence-electron chi connectivity index (χ1n) is 6.76. The molecule has 114 valence electrons. The van der Waals surface area contributed by atoms with Crippen LogP contribution < -0.4 is 10.9 Å². The van der Waals surface area contributed by atoms with E-state index in [-0.39, 0.29) is 5.69 Å². The third-order valence-electron chi connectivity index (χ3n) is 2.99. The minimum absolute atomic E-state index is 0.254. The molecule has 2 aromatic heterocycles. The molecule has 0 aliphatic carbocycles. The maximum Gasteiger partial charge on any atom is 0.289 e. The van der Waals surface area contributed by atoms with Crippen LogP contribution in [0.2, 0.25) is 0 Å². The fourth-order valence-electron chi connectivity index (χ4n) is 1.84. The van der Waals surface area contributed by atoms with Gasteiger partial charge < -0.3 is 0 Å². The topological polar surface area (TPSA) is 84.0 Å². The number of nitrogens with zero attached hydrogens (tertiary/aromatic N) is 2. The minimum atomic E-state index is -0.467. The first-order chi connectivity index (χ1) is 11.2. The summed E-state index contributed by atoms with van der Waals surface area (Å²) >= 11 is 1.37. The van der Waals surface area contributed by atoms with Gasteiger partial charge in [0.15, 0.2) is 0 Å². The van der Waals surface area contributed by atoms with Gasteiger partial charge in [-0.2, -0.15) is 0 Å². The lowest BCUT2D eigenvalue weighted by Gasteiger charge is -2.05. The van der Waals surface area contributed by atoms with Gasteiger partial charge in [-0.05, 0) is 12.1 Å². The molecule has 0 radical (unpaired) electrons. The first-order valence-corrected chi connectivity index (χ1v) is 7.63. The third kappa shape index (κ3) is 3.58. The van der Waals surface area contributed by atoms with Crippen LogP contribution in [0.4, 0.5) is 0 Å². The second kappa shape index (κ2) is 6.80. The molecule has 1 aromatic carbocycles. The van der Waals surface area contributed by atoms with Crippen molar-refractivity contribution in [3.63, 3.8) is 0 Å². The van der Waals surface area contributed by atoms with E-state index >= 15 is 0 Å². The molecule has 2 N–H and O–H groups in total. The summed E-state index contributed by atoms with van der Waals surface area (Å²) in [6.07, 6.45) is 3.01. The molecular formula is C16H12N4O2S. The molecule has 7 heteroatoms. The summed E-state index contributed by atoms with van der Waals surface area (Å²) in [7, 11) is 0. The van der Waals surface area contributed by atoms with E-state index in [1.807, 2.05) is 30.3 Å². The maximum absolute atomic E-state index is 12.0. The van der Waals surface area contributed by atoms with Gasteiger partial charge in [0.1, 0.15) is 10.7 Å². The predicted molar refractivity (Wildman–Crippen MR) is 86.7 cm³/mol. The van der Waals surface area contributed by atoms with E-state index < -0.39 is 11.8 Å². The number of benzene rings is 1. The standard InChI is InChI=1S/C16H12N4O2S/c21-14(11-6-8-17-9-7-11)19-20-15(22)13-10-23-16(18-13)12-4-2-1-3-5-12/h1-10H,(H,19,21)(H,20,22). The van der Waals surface area contributed by atoms with Crippen molar-refractivity contribution in [2.24, 2.45) is 0 Å². The average Bonchev–Trinajstić information content (AvgIpc) is 3.11. The van der Waals surface area contributed by atoms with E-state index in [0.717, 1.165) is 10.6 Å². The van der Waals surface area contributed by atoms with Gasteiger partial charge in [0, 0.05) is 28.9 Å². The predicted octanol–water partition coefficient (Wildman–Crippen LogP) is 2.28. The van der Waals surface area contributed by atoms with Crippen molar-refractivity contribution < 1.29 is 9.59 Å². The van der Waals surface area contributed by atoms with Crippen molar-refractivity contribution in [1.29, 1.82) is 0 Å². The molecule has 0 unspecified atom stereocenters. The second-order valence-electron chi connectivity index (χ2n) is 4.55. The van der Waals surface area contributed by atoms with Crippen molar-refractivity contribution in [2.45, 2.75) is 0 Å². The number of amides is 2. The summed E-state index contributed by atoms with van der Waals surface area (Å²) in [5.41, 5.74) is 6.29. The first kappa shape index (κ1) is 14.9. The minimum Gasteiger partial charge on any atom is -0.267 e. The quantitative estimate of drug-likeness (QED) is 0.724. The SMILES string of the molecule is O=C(NNC(=O)c1csc(-c2ccccc2)n1)c1ccncc1. The van der Waals surface area contributed by atoms with Gasteiger partial charge >= 0.3 is 0 Å². The number of carbonyl (C=O) groups is 2. The Hall–Kier alpha value is -3.06. The summed E-state index contributed by atoms with van der Waals surface area (Å²) in [6, 6.07) is 12.7. The second-order valence-corrected chi connectivity index (χ2v) is 5.41. The van der Waals surface area contributed by atoms with Crippen LogP contribution in [0.25, 0.3) is 10.6 Å². The Bertz CT molecular complexity index is 818. The Kier molecular flexibility index (Phi) is 4.39. The van der Waals surface area contributed by atoms with Crippen LogP contribution in [-0.4, -0.2) is 21.8 Å². The van der Waals surface area contributed by atoms with E-state index in [0.29, 0.717) is 5.56 Å². The van der Waals surface area contributed by atoms with E-state index in [2.05, 4.69) is 20.8 Å². The summed E-state index contributed by atoms with van der Waals surface area (Å²) in [5.74, 6) is -0.884. The number of hydrazine groups is 1. The van der Waals surface area contributed by atoms with Crippen LogP contribution >= 0.6 is 11.3 Å². The molecule has 0 aliphatic heterocycles. The normalized spacial score (nSPS) is 10.1. The molecule has 0 spiro atoms. The van der Waals surface area contributed by atoms with Crippen molar-refractivity contribution in [2.75, 3.05) is 0 Å². The molecule has 0 saturated heterocycles. The molecule has 0 atom stereocenters. The molecule has 0 bridgehead atoms. The van der Waals surface area contributed by atoms with Gasteiger partial charge in [-0.1, -0.05) is 30.3 Å². The highest BCUT2D eigenvalue weighted by atomic mass is 32.1. The number of aromatic nitrogens is 2. The van der Waals surface area contributed by atoms with Crippen molar-refractivity contribution in [3.8, 4) is 10.6 Å². The van der Waals surface area contributed by atoms with Crippen molar-refractivity contribution >= 4 is 23.2 Å². The summed E-state index contributed by atoms with van der Waals surface area (Å²) in [4.78, 5) is 32.0. The number of hydrogen-bond acceptors (Lipinski definition) is 5. The van der Waals surface area contributed by atoms with Crippen LogP contribution in [0.3, 0.4) is 0 Å². The Labute approximate surface area is 136 Å². The Balaban J connectivity index is 1.63. The zero-order valence-corrected chi connectivity index (χ0v) is 12.7. The highest BCUT2D eigenvalue weighted by Crippen LogP contribution is 2.23. The van der Waals surface area contributed by atoms with E-state index in [1.54, 1.807) is 17.5 Å². The molecule has 0 saturated carbocycles. The van der Waals surface area contributed by atoms with Crippen LogP contribution in [0.5, 0.6) is 0 Å². The fraction of sp³-hybridized carbons (Fsp3) is 0. The molecule has 23 heavy (non-hydrogen) atoms. The van der Waals surface area contributed by atoms with Gasteiger partial charge in [-0.3, -0.25) is 25.4 Å². The number of nitrogens with one attached hydrogen (secondary N) is 2. The van der Waals surface area contributed by atoms with Crippen LogP contribution in [0, 0.1) is 0 Å². The van der Waals surface area contributed by atoms with Crippen molar-refractivity contribution in [3.05, 3.63) is 71.5 Å². The lowest BCUT2D eigenvalue weighted by Crippen LogP contribution is -2.41. The van der Waals surface area contributed by atoms with Gasteiger partial charge in [0.2, 0.25) is 0 Å². The smallest absolute Gasteiger partial charge is 0.267 e. The molecule has 2 heterocycles. The fourth-order valence-corrected chi connectivity index (χ4v) is 2.65. The number of carbonyl (C=O) groups excluding carboxylic acids is 2. The van der Waals surface area contributed by atoms with E-state index in [4.69, 9.17) is 0 Å². The number of pyridine rings is 1. The number of hydrogen-bond donors (Lipinski definition) is 2. The third-order valence-corrected chi connectivity index (χ3v) is 3.88. The monoisotopic (exact) mass is 324 g/mol. The summed E-state index contributed by atoms with van der Waals surface area (Å²) in [6.45, 7) is 0. The Morgan fingerprint density at radius 3 is 2.35 bits per heavy atom. The van der Waals surface area contributed by atoms with Crippen LogP contribution in [0.15, 0.2) is 60.2 Å². The van der Waals surface area contributed by atoms with E-state index in [1.165, 1.54) is 23.7 Å². The van der Waals surface area contributed by atoms with Gasteiger partial charge in [0.25, 0.3) is 11.8 Å². The number of thiazole rings is 1. The maximum atomic E-state index is 12.0. The molecule has 3 aromatic rings. The highest BCUT2D eigenvalue weighted by molar-refractivity contribution is 7.13. The highest BCUT2D eigenvalue weighted by Gasteiger charge is 2.13. The zero-order chi connectivity index (χ0) is 16.1. The van der Waals surface area contributed by atoms with Gasteiger partial charge in [-0.15, -0.1) is 11.3 Å². The van der Waals surface area contributed by atoms with Crippen LogP contribution in [0.1, 0.15) is 20.8 Å². The summed E-state index contributed by atoms with van der Waals surface area (Å²) in [5, 5.41) is 2.40. The molecule has 3 rings (SSSR count). The van der Waals surface area contributed by atoms with Crippen LogP contribution in [-0.2, 0) is 0 Å². The molecular weight excluding hydrogens is 312 g/mol. The molecule has 2 amide bonds. The molecule has 0 fully saturated rings. The molecule has 0 aliphatic rings. The summed E-state index contributed by atoms with van der Waals surface area (Å²) < 4.78 is 0. The Morgan fingerprint density at radius 2 is 1.61 bits per heavy atom. The van der Waals surface area contributed by atoms with Gasteiger partial charge in [-0.25, -0.2) is 4.98 Å². The average molecular weight is 324 g/mol. The number of rotatable bonds is 3. The van der Waals surface area contributed by atoms with Crippen molar-refractivity contribution in [1.82, 2.24) is 20.8 Å². The van der Waals surface area contributed by atoms with E-state index in [9.17, 15) is 9.59 Å². The molecule has 6 nitrogen and oxygen atoms in total. The van der Waals surface area contributed by atoms with Gasteiger partial charge in [0.05, 0.1) is 0 Å². The lowest BCUT2D eigenvalue weighted by atomic mass is 10.2.